The first kappa shape index (κ1) is 21.2. The molecule has 0 aliphatic rings. The van der Waals surface area contributed by atoms with Crippen LogP contribution in [0, 0.1) is 13.8 Å². The Morgan fingerprint density at radius 2 is 1.68 bits per heavy atom. The normalized spacial score (nSPS) is 11.4. The summed E-state index contributed by atoms with van der Waals surface area (Å²) < 4.78 is 10.3. The molecule has 0 saturated heterocycles. The van der Waals surface area contributed by atoms with Gasteiger partial charge < -0.3 is 14.8 Å². The molecule has 6 nitrogen and oxygen atoms in total. The van der Waals surface area contributed by atoms with E-state index < -0.39 is 24.5 Å². The number of nitrogens with one attached hydrogen (secondary N) is 1. The fourth-order valence-corrected chi connectivity index (χ4v) is 2.52. The Morgan fingerprint density at radius 3 is 2.32 bits per heavy atom. The van der Waals surface area contributed by atoms with Crippen molar-refractivity contribution in [2.24, 2.45) is 0 Å². The predicted molar refractivity (Wildman–Crippen MR) is 105 cm³/mol. The minimum absolute atomic E-state index is 0.165. The van der Waals surface area contributed by atoms with Crippen molar-refractivity contribution < 1.29 is 23.9 Å². The molecule has 0 aromatic heterocycles. The summed E-state index contributed by atoms with van der Waals surface area (Å²) >= 11 is 0. The van der Waals surface area contributed by atoms with Crippen molar-refractivity contribution >= 4 is 17.7 Å². The van der Waals surface area contributed by atoms with Crippen LogP contribution < -0.4 is 10.1 Å². The number of benzene rings is 2. The molecular weight excluding hydrogens is 358 g/mol. The number of rotatable bonds is 9. The van der Waals surface area contributed by atoms with Crippen LogP contribution in [0.15, 0.2) is 48.5 Å². The summed E-state index contributed by atoms with van der Waals surface area (Å²) in [6.07, 6.45) is 0.381. The van der Waals surface area contributed by atoms with E-state index in [-0.39, 0.29) is 12.4 Å². The lowest BCUT2D eigenvalue weighted by atomic mass is 10.0. The summed E-state index contributed by atoms with van der Waals surface area (Å²) in [5.74, 6) is -0.794. The third-order valence-corrected chi connectivity index (χ3v) is 4.31. The molecule has 0 bridgehead atoms. The number of esters is 1. The summed E-state index contributed by atoms with van der Waals surface area (Å²) in [4.78, 5) is 35.6. The Labute approximate surface area is 164 Å². The van der Waals surface area contributed by atoms with Crippen LogP contribution in [0.3, 0.4) is 0 Å². The average molecular weight is 383 g/mol. The zero-order valence-electron chi connectivity index (χ0n) is 16.4. The standard InChI is InChI=1S/C22H25NO5/c1-15-9-10-19(11-16(15)2)27-14-22(26)28-13-21(25)23-20(17(3)24)12-18-7-5-4-6-8-18/h4-11,20H,12-14H2,1-3H3,(H,23,25)/t20-/m1/s1. The number of carbonyl (C=O) groups is 3. The fourth-order valence-electron chi connectivity index (χ4n) is 2.52. The third-order valence-electron chi connectivity index (χ3n) is 4.31. The van der Waals surface area contributed by atoms with Crippen molar-refractivity contribution in [1.82, 2.24) is 5.32 Å². The van der Waals surface area contributed by atoms with E-state index in [0.29, 0.717) is 12.2 Å². The number of hydrogen-bond acceptors (Lipinski definition) is 5. The molecule has 0 saturated carbocycles. The van der Waals surface area contributed by atoms with Gasteiger partial charge in [-0.1, -0.05) is 36.4 Å². The number of ether oxygens (including phenoxy) is 2. The van der Waals surface area contributed by atoms with E-state index in [1.54, 1.807) is 6.07 Å². The lowest BCUT2D eigenvalue weighted by Gasteiger charge is -2.16. The number of Topliss-reactive ketones (excluding diaryl/α,β-unsaturated/α-hetero) is 1. The van der Waals surface area contributed by atoms with Gasteiger partial charge >= 0.3 is 5.97 Å². The zero-order chi connectivity index (χ0) is 20.5. The SMILES string of the molecule is CC(=O)[C@@H](Cc1ccccc1)NC(=O)COC(=O)COc1ccc(C)c(C)c1. The van der Waals surface area contributed by atoms with Crippen molar-refractivity contribution in [2.45, 2.75) is 33.2 Å². The van der Waals surface area contributed by atoms with Crippen LogP contribution in [0.5, 0.6) is 5.75 Å². The van der Waals surface area contributed by atoms with Crippen molar-refractivity contribution in [2.75, 3.05) is 13.2 Å². The van der Waals surface area contributed by atoms with Crippen molar-refractivity contribution in [3.05, 3.63) is 65.2 Å². The van der Waals surface area contributed by atoms with Crippen LogP contribution in [-0.4, -0.2) is 36.9 Å². The van der Waals surface area contributed by atoms with Gasteiger partial charge in [0.25, 0.3) is 5.91 Å². The van der Waals surface area contributed by atoms with Crippen LogP contribution >= 0.6 is 0 Å². The Bertz CT molecular complexity index is 832. The van der Waals surface area contributed by atoms with E-state index in [1.165, 1.54) is 6.92 Å². The second-order valence-corrected chi connectivity index (χ2v) is 6.62. The molecule has 2 aromatic carbocycles. The van der Waals surface area contributed by atoms with Gasteiger partial charge in [0.15, 0.2) is 19.0 Å². The molecule has 0 spiro atoms. The third kappa shape index (κ3) is 6.87. The molecule has 0 aliphatic carbocycles. The van der Waals surface area contributed by atoms with Crippen LogP contribution in [0.2, 0.25) is 0 Å². The van der Waals surface area contributed by atoms with E-state index >= 15 is 0 Å². The maximum Gasteiger partial charge on any atom is 0.344 e. The molecule has 6 heteroatoms. The van der Waals surface area contributed by atoms with Gasteiger partial charge in [-0.15, -0.1) is 0 Å². The predicted octanol–water partition coefficient (Wildman–Crippen LogP) is 2.54. The van der Waals surface area contributed by atoms with Crippen LogP contribution in [-0.2, 0) is 25.5 Å². The largest absolute Gasteiger partial charge is 0.482 e. The maximum absolute atomic E-state index is 12.0. The monoisotopic (exact) mass is 383 g/mol. The minimum atomic E-state index is -0.666. The second kappa shape index (κ2) is 10.3. The Balaban J connectivity index is 1.77. The molecule has 1 atom stereocenters. The van der Waals surface area contributed by atoms with Gasteiger partial charge in [0.1, 0.15) is 5.75 Å². The van der Waals surface area contributed by atoms with Crippen LogP contribution in [0.1, 0.15) is 23.6 Å². The second-order valence-electron chi connectivity index (χ2n) is 6.62. The van der Waals surface area contributed by atoms with E-state index in [1.807, 2.05) is 56.3 Å². The van der Waals surface area contributed by atoms with Gasteiger partial charge in [0, 0.05) is 0 Å². The summed E-state index contributed by atoms with van der Waals surface area (Å²) in [7, 11) is 0. The molecular formula is C22H25NO5. The quantitative estimate of drug-likeness (QED) is 0.673. The molecule has 0 radical (unpaired) electrons. The smallest absolute Gasteiger partial charge is 0.344 e. The highest BCUT2D eigenvalue weighted by atomic mass is 16.6. The molecule has 0 heterocycles. The van der Waals surface area contributed by atoms with Gasteiger partial charge in [0.2, 0.25) is 0 Å². The lowest BCUT2D eigenvalue weighted by Crippen LogP contribution is -2.43. The first-order chi connectivity index (χ1) is 13.3. The first-order valence-corrected chi connectivity index (χ1v) is 9.04. The van der Waals surface area contributed by atoms with Crippen molar-refractivity contribution in [1.29, 1.82) is 0 Å². The van der Waals surface area contributed by atoms with Crippen molar-refractivity contribution in [3.8, 4) is 5.75 Å². The highest BCUT2D eigenvalue weighted by Crippen LogP contribution is 2.16. The molecule has 1 N–H and O–H groups in total. The number of hydrogen-bond donors (Lipinski definition) is 1. The molecule has 148 valence electrons. The van der Waals surface area contributed by atoms with Gasteiger partial charge in [-0.05, 0) is 56.0 Å². The Hall–Kier alpha value is -3.15. The lowest BCUT2D eigenvalue weighted by molar-refractivity contribution is -0.150. The summed E-state index contributed by atoms with van der Waals surface area (Å²) in [6, 6.07) is 14.2. The summed E-state index contributed by atoms with van der Waals surface area (Å²) in [5.41, 5.74) is 3.11. The Kier molecular flexibility index (Phi) is 7.75. The number of carbonyl (C=O) groups excluding carboxylic acids is 3. The average Bonchev–Trinajstić information content (AvgIpc) is 2.67. The fraction of sp³-hybridized carbons (Fsp3) is 0.318. The first-order valence-electron chi connectivity index (χ1n) is 9.04. The van der Waals surface area contributed by atoms with Crippen molar-refractivity contribution in [3.63, 3.8) is 0 Å². The van der Waals surface area contributed by atoms with E-state index in [0.717, 1.165) is 16.7 Å². The van der Waals surface area contributed by atoms with E-state index in [9.17, 15) is 14.4 Å². The van der Waals surface area contributed by atoms with Gasteiger partial charge in [-0.25, -0.2) is 4.79 Å². The molecule has 2 aromatic rings. The topological polar surface area (TPSA) is 81.7 Å². The molecule has 0 aliphatic heterocycles. The molecule has 0 fully saturated rings. The number of ketones is 1. The highest BCUT2D eigenvalue weighted by molar-refractivity contribution is 5.88. The van der Waals surface area contributed by atoms with Crippen LogP contribution in [0.25, 0.3) is 0 Å². The van der Waals surface area contributed by atoms with Gasteiger partial charge in [-0.3, -0.25) is 9.59 Å². The summed E-state index contributed by atoms with van der Waals surface area (Å²) in [5, 5.41) is 2.60. The molecule has 2 rings (SSSR count). The van der Waals surface area contributed by atoms with Gasteiger partial charge in [-0.2, -0.15) is 0 Å². The summed E-state index contributed by atoms with van der Waals surface area (Å²) in [6.45, 7) is 4.59. The maximum atomic E-state index is 12.0. The molecule has 28 heavy (non-hydrogen) atoms. The van der Waals surface area contributed by atoms with E-state index in [4.69, 9.17) is 9.47 Å². The molecule has 1 amide bonds. The number of aryl methyl sites for hydroxylation is 2. The van der Waals surface area contributed by atoms with Crippen LogP contribution in [0.4, 0.5) is 0 Å². The number of amides is 1. The minimum Gasteiger partial charge on any atom is -0.482 e. The zero-order valence-corrected chi connectivity index (χ0v) is 16.4. The Morgan fingerprint density at radius 1 is 0.964 bits per heavy atom. The van der Waals surface area contributed by atoms with E-state index in [2.05, 4.69) is 5.32 Å². The van der Waals surface area contributed by atoms with Gasteiger partial charge in [0.05, 0.1) is 6.04 Å². The molecule has 0 unspecified atom stereocenters. The highest BCUT2D eigenvalue weighted by Gasteiger charge is 2.18.